The fraction of sp³-hybridized carbons (Fsp3) is 0.241. The van der Waals surface area contributed by atoms with Crippen LogP contribution in [0.2, 0.25) is 0 Å². The minimum Gasteiger partial charge on any atom is -0.367 e. The lowest BCUT2D eigenvalue weighted by atomic mass is 9.90. The second kappa shape index (κ2) is 12.0. The van der Waals surface area contributed by atoms with E-state index in [0.29, 0.717) is 23.6 Å². The number of carbonyl (C=O) groups is 1. The Hall–Kier alpha value is -5.04. The maximum Gasteiger partial charge on any atom is 0.323 e. The van der Waals surface area contributed by atoms with E-state index in [1.54, 1.807) is 41.6 Å². The molecule has 0 unspecified atom stereocenters. The van der Waals surface area contributed by atoms with Gasteiger partial charge in [-0.2, -0.15) is 5.26 Å². The summed E-state index contributed by atoms with van der Waals surface area (Å²) in [7, 11) is 0. The molecule has 2 amide bonds. The number of benzene rings is 1. The van der Waals surface area contributed by atoms with Gasteiger partial charge in [0, 0.05) is 42.7 Å². The van der Waals surface area contributed by atoms with Gasteiger partial charge >= 0.3 is 6.03 Å². The SMILES string of the molecule is N#Cc1ccc(N[C@H]2CC[C@H](N(C(=O)NCc3ccccc3)c3ccc(-c4ccc(=O)[nH]c4)nn3)CC2)nc1. The summed E-state index contributed by atoms with van der Waals surface area (Å²) in [6, 6.07) is 22.1. The quantitative estimate of drug-likeness (QED) is 0.331. The smallest absolute Gasteiger partial charge is 0.323 e. The van der Waals surface area contributed by atoms with Crippen molar-refractivity contribution in [2.24, 2.45) is 0 Å². The highest BCUT2D eigenvalue weighted by atomic mass is 16.2. The monoisotopic (exact) mass is 520 g/mol. The summed E-state index contributed by atoms with van der Waals surface area (Å²) in [6.45, 7) is 0.403. The van der Waals surface area contributed by atoms with Crippen molar-refractivity contribution in [2.45, 2.75) is 44.3 Å². The zero-order valence-electron chi connectivity index (χ0n) is 21.2. The Kier molecular flexibility index (Phi) is 7.88. The number of amides is 2. The molecule has 0 saturated heterocycles. The van der Waals surface area contributed by atoms with Gasteiger partial charge in [0.2, 0.25) is 5.56 Å². The molecule has 5 rings (SSSR count). The molecule has 4 aromatic rings. The molecule has 0 atom stereocenters. The molecule has 3 aromatic heterocycles. The third-order valence-corrected chi connectivity index (χ3v) is 6.79. The maximum atomic E-state index is 13.5. The fourth-order valence-electron chi connectivity index (χ4n) is 4.73. The molecule has 10 nitrogen and oxygen atoms in total. The van der Waals surface area contributed by atoms with Gasteiger partial charge in [-0.15, -0.1) is 10.2 Å². The average Bonchev–Trinajstić information content (AvgIpc) is 2.99. The van der Waals surface area contributed by atoms with Crippen LogP contribution in [0.3, 0.4) is 0 Å². The van der Waals surface area contributed by atoms with Gasteiger partial charge in [0.05, 0.1) is 11.3 Å². The van der Waals surface area contributed by atoms with Crippen LogP contribution in [0.5, 0.6) is 0 Å². The van der Waals surface area contributed by atoms with Crippen molar-refractivity contribution in [1.29, 1.82) is 5.26 Å². The van der Waals surface area contributed by atoms with Crippen LogP contribution < -0.4 is 21.1 Å². The number of pyridine rings is 2. The molecule has 1 saturated carbocycles. The standard InChI is InChI=1S/C29H28N8O2/c30-16-21-6-13-26(31-18-21)34-23-8-10-24(11-9-23)37(29(39)33-17-20-4-2-1-3-5-20)27-14-12-25(35-36-27)22-7-15-28(38)32-19-22/h1-7,12-15,18-19,23-24H,8-11,17H2,(H,31,34)(H,32,38)(H,33,39)/t23-,24-. The highest BCUT2D eigenvalue weighted by Gasteiger charge is 2.31. The zero-order chi connectivity index (χ0) is 27.0. The lowest BCUT2D eigenvalue weighted by Gasteiger charge is -2.36. The largest absolute Gasteiger partial charge is 0.367 e. The number of nitrogens with one attached hydrogen (secondary N) is 3. The van der Waals surface area contributed by atoms with Gasteiger partial charge in [0.15, 0.2) is 5.82 Å². The van der Waals surface area contributed by atoms with Crippen molar-refractivity contribution in [1.82, 2.24) is 25.5 Å². The summed E-state index contributed by atoms with van der Waals surface area (Å²) >= 11 is 0. The Bertz CT molecular complexity index is 1470. The number of H-pyrrole nitrogens is 1. The van der Waals surface area contributed by atoms with Crippen LogP contribution in [0.1, 0.15) is 36.8 Å². The van der Waals surface area contributed by atoms with Crippen molar-refractivity contribution >= 4 is 17.7 Å². The summed E-state index contributed by atoms with van der Waals surface area (Å²) in [5.74, 6) is 1.21. The van der Waals surface area contributed by atoms with E-state index in [-0.39, 0.29) is 23.7 Å². The lowest BCUT2D eigenvalue weighted by molar-refractivity contribution is 0.240. The van der Waals surface area contributed by atoms with Gasteiger partial charge in [0.25, 0.3) is 0 Å². The Labute approximate surface area is 225 Å². The number of urea groups is 1. The molecular weight excluding hydrogens is 492 g/mol. The summed E-state index contributed by atoms with van der Waals surface area (Å²) < 4.78 is 0. The average molecular weight is 521 g/mol. The molecular formula is C29H28N8O2. The van der Waals surface area contributed by atoms with Gasteiger partial charge in [-0.1, -0.05) is 30.3 Å². The van der Waals surface area contributed by atoms with E-state index in [1.807, 2.05) is 36.4 Å². The van der Waals surface area contributed by atoms with Crippen molar-refractivity contribution < 1.29 is 4.79 Å². The van der Waals surface area contributed by atoms with Crippen LogP contribution in [0.4, 0.5) is 16.4 Å². The molecule has 39 heavy (non-hydrogen) atoms. The maximum absolute atomic E-state index is 13.5. The first-order valence-corrected chi connectivity index (χ1v) is 12.9. The Morgan fingerprint density at radius 1 is 1.00 bits per heavy atom. The Balaban J connectivity index is 1.30. The minimum absolute atomic E-state index is 0.0547. The molecule has 196 valence electrons. The number of aromatic nitrogens is 4. The van der Waals surface area contributed by atoms with E-state index < -0.39 is 0 Å². The Morgan fingerprint density at radius 3 is 2.46 bits per heavy atom. The predicted molar refractivity (Wildman–Crippen MR) is 148 cm³/mol. The molecule has 0 radical (unpaired) electrons. The minimum atomic E-state index is -0.227. The van der Waals surface area contributed by atoms with Crippen LogP contribution >= 0.6 is 0 Å². The predicted octanol–water partition coefficient (Wildman–Crippen LogP) is 4.24. The number of nitrogens with zero attached hydrogens (tertiary/aromatic N) is 5. The lowest BCUT2D eigenvalue weighted by Crippen LogP contribution is -2.49. The first kappa shape index (κ1) is 25.6. The zero-order valence-corrected chi connectivity index (χ0v) is 21.2. The van der Waals surface area contributed by atoms with Gasteiger partial charge < -0.3 is 15.6 Å². The van der Waals surface area contributed by atoms with Crippen LogP contribution in [0.25, 0.3) is 11.3 Å². The van der Waals surface area contributed by atoms with Gasteiger partial charge in [-0.25, -0.2) is 9.78 Å². The highest BCUT2D eigenvalue weighted by molar-refractivity contribution is 5.91. The normalized spacial score (nSPS) is 16.6. The van der Waals surface area contributed by atoms with Gasteiger partial charge in [0.1, 0.15) is 11.9 Å². The van der Waals surface area contributed by atoms with Gasteiger partial charge in [-0.3, -0.25) is 9.69 Å². The molecule has 1 aromatic carbocycles. The number of rotatable bonds is 7. The van der Waals surface area contributed by atoms with Crippen molar-refractivity contribution in [3.8, 4) is 17.3 Å². The summed E-state index contributed by atoms with van der Waals surface area (Å²) in [4.78, 5) is 33.6. The van der Waals surface area contributed by atoms with Crippen LogP contribution in [-0.2, 0) is 6.54 Å². The van der Waals surface area contributed by atoms with Crippen LogP contribution in [0.15, 0.2) is 83.9 Å². The Morgan fingerprint density at radius 2 is 1.82 bits per heavy atom. The van der Waals surface area contributed by atoms with E-state index in [9.17, 15) is 9.59 Å². The third kappa shape index (κ3) is 6.45. The third-order valence-electron chi connectivity index (χ3n) is 6.79. The van der Waals surface area contributed by atoms with Crippen molar-refractivity contribution in [3.05, 3.63) is 101 Å². The van der Waals surface area contributed by atoms with E-state index in [0.717, 1.165) is 42.6 Å². The molecule has 10 heteroatoms. The highest BCUT2D eigenvalue weighted by Crippen LogP contribution is 2.29. The van der Waals surface area contributed by atoms with Crippen LogP contribution in [-0.4, -0.2) is 38.3 Å². The number of carbonyl (C=O) groups excluding carboxylic acids is 1. The number of nitriles is 1. The molecule has 3 heterocycles. The molecule has 0 aliphatic heterocycles. The summed E-state index contributed by atoms with van der Waals surface area (Å²) in [6.07, 6.45) is 6.39. The van der Waals surface area contributed by atoms with E-state index >= 15 is 0 Å². The number of hydrogen-bond donors (Lipinski definition) is 3. The summed E-state index contributed by atoms with van der Waals surface area (Å²) in [5.41, 5.74) is 2.67. The fourth-order valence-corrected chi connectivity index (χ4v) is 4.73. The first-order valence-electron chi connectivity index (χ1n) is 12.9. The second-order valence-corrected chi connectivity index (χ2v) is 9.43. The molecule has 1 aliphatic rings. The second-order valence-electron chi connectivity index (χ2n) is 9.43. The first-order chi connectivity index (χ1) is 19.1. The number of aromatic amines is 1. The molecule has 1 fully saturated rings. The van der Waals surface area contributed by atoms with Crippen molar-refractivity contribution in [3.63, 3.8) is 0 Å². The molecule has 3 N–H and O–H groups in total. The topological polar surface area (TPSA) is 140 Å². The molecule has 0 bridgehead atoms. The van der Waals surface area contributed by atoms with E-state index in [4.69, 9.17) is 5.26 Å². The number of hydrogen-bond acceptors (Lipinski definition) is 7. The summed E-state index contributed by atoms with van der Waals surface area (Å²) in [5, 5.41) is 24.2. The molecule has 0 spiro atoms. The van der Waals surface area contributed by atoms with Crippen LogP contribution in [0, 0.1) is 11.3 Å². The molecule has 1 aliphatic carbocycles. The number of anilines is 2. The van der Waals surface area contributed by atoms with Crippen molar-refractivity contribution in [2.75, 3.05) is 10.2 Å². The van der Waals surface area contributed by atoms with E-state index in [1.165, 1.54) is 6.07 Å². The van der Waals surface area contributed by atoms with Gasteiger partial charge in [-0.05, 0) is 61.6 Å². The van der Waals surface area contributed by atoms with E-state index in [2.05, 4.69) is 36.9 Å².